The Morgan fingerprint density at radius 1 is 0.920 bits per heavy atom. The smallest absolute Gasteiger partial charge is 0.255 e. The summed E-state index contributed by atoms with van der Waals surface area (Å²) < 4.78 is 25.9. The molecule has 25 heavy (non-hydrogen) atoms. The minimum atomic E-state index is -3.49. The first-order valence-electron chi connectivity index (χ1n) is 8.15. The van der Waals surface area contributed by atoms with Crippen molar-refractivity contribution in [2.75, 3.05) is 10.0 Å². The summed E-state index contributed by atoms with van der Waals surface area (Å²) in [5.41, 5.74) is 2.81. The summed E-state index contributed by atoms with van der Waals surface area (Å²) in [5.74, 6) is -0.241. The summed E-state index contributed by atoms with van der Waals surface area (Å²) >= 11 is 0. The molecule has 0 fully saturated rings. The van der Waals surface area contributed by atoms with Gasteiger partial charge in [0.1, 0.15) is 0 Å². The molecule has 0 saturated heterocycles. The summed E-state index contributed by atoms with van der Waals surface area (Å²) in [6.45, 7) is 6.95. The monoisotopic (exact) mass is 360 g/mol. The van der Waals surface area contributed by atoms with Crippen molar-refractivity contribution < 1.29 is 13.2 Å². The molecule has 2 aromatic rings. The number of aryl methyl sites for hydroxylation is 1. The van der Waals surface area contributed by atoms with E-state index in [0.717, 1.165) is 12.1 Å². The second-order valence-electron chi connectivity index (χ2n) is 6.80. The maximum absolute atomic E-state index is 12.3. The lowest BCUT2D eigenvalue weighted by Gasteiger charge is -2.20. The summed E-state index contributed by atoms with van der Waals surface area (Å²) in [4.78, 5) is 12.3. The van der Waals surface area contributed by atoms with Gasteiger partial charge in [-0.1, -0.05) is 19.1 Å². The van der Waals surface area contributed by atoms with Crippen molar-refractivity contribution in [3.05, 3.63) is 59.7 Å². The third-order valence-corrected chi connectivity index (χ3v) is 5.94. The molecule has 0 spiro atoms. The maximum atomic E-state index is 12.3. The highest BCUT2D eigenvalue weighted by Crippen LogP contribution is 2.20. The number of hydrogen-bond acceptors (Lipinski definition) is 3. The van der Waals surface area contributed by atoms with Gasteiger partial charge in [-0.05, 0) is 69.2 Å². The molecule has 2 N–H and O–H groups in total. The predicted molar refractivity (Wildman–Crippen MR) is 103 cm³/mol. The fourth-order valence-corrected chi connectivity index (χ4v) is 2.78. The van der Waals surface area contributed by atoms with E-state index in [9.17, 15) is 13.2 Å². The van der Waals surface area contributed by atoms with Gasteiger partial charge in [0.15, 0.2) is 0 Å². The van der Waals surface area contributed by atoms with E-state index in [-0.39, 0.29) is 5.91 Å². The predicted octanol–water partition coefficient (Wildman–Crippen LogP) is 4.04. The molecule has 0 aromatic heterocycles. The number of nitrogens with one attached hydrogen (secondary N) is 2. The molecule has 2 aromatic carbocycles. The van der Waals surface area contributed by atoms with Gasteiger partial charge in [0.05, 0.1) is 4.75 Å². The Morgan fingerprint density at radius 2 is 1.44 bits per heavy atom. The normalized spacial score (nSPS) is 11.8. The topological polar surface area (TPSA) is 75.3 Å². The standard InChI is InChI=1S/C19H24N2O3S/c1-5-14-6-10-16(11-7-14)20-18(22)15-8-12-17(13-9-15)21-25(23,24)19(2,3)4/h6-13,21H,5H2,1-4H3,(H,20,22). The molecule has 2 rings (SSSR count). The van der Waals surface area contributed by atoms with Crippen LogP contribution in [0, 0.1) is 0 Å². The zero-order valence-corrected chi connectivity index (χ0v) is 15.8. The lowest BCUT2D eigenvalue weighted by molar-refractivity contribution is 0.102. The van der Waals surface area contributed by atoms with Crippen LogP contribution in [0.4, 0.5) is 11.4 Å². The summed E-state index contributed by atoms with van der Waals surface area (Å²) in [6, 6.07) is 14.0. The average Bonchev–Trinajstić information content (AvgIpc) is 2.55. The molecule has 5 nitrogen and oxygen atoms in total. The molecule has 0 radical (unpaired) electrons. The second-order valence-corrected chi connectivity index (χ2v) is 9.24. The Hall–Kier alpha value is -2.34. The molecule has 0 aliphatic heterocycles. The number of carbonyl (C=O) groups is 1. The van der Waals surface area contributed by atoms with Crippen LogP contribution in [0.5, 0.6) is 0 Å². The van der Waals surface area contributed by atoms with Gasteiger partial charge in [-0.2, -0.15) is 0 Å². The van der Waals surface area contributed by atoms with E-state index in [4.69, 9.17) is 0 Å². The van der Waals surface area contributed by atoms with Crippen molar-refractivity contribution in [3.63, 3.8) is 0 Å². The van der Waals surface area contributed by atoms with Crippen LogP contribution in [-0.2, 0) is 16.4 Å². The molecule has 0 aliphatic rings. The van der Waals surface area contributed by atoms with E-state index in [1.165, 1.54) is 5.56 Å². The maximum Gasteiger partial charge on any atom is 0.255 e. The van der Waals surface area contributed by atoms with Crippen molar-refractivity contribution in [3.8, 4) is 0 Å². The van der Waals surface area contributed by atoms with Gasteiger partial charge in [-0.25, -0.2) is 8.42 Å². The van der Waals surface area contributed by atoms with Crippen LogP contribution in [-0.4, -0.2) is 19.1 Å². The summed E-state index contributed by atoms with van der Waals surface area (Å²) in [6.07, 6.45) is 0.945. The number of carbonyl (C=O) groups excluding carboxylic acids is 1. The Bertz CT molecular complexity index is 834. The minimum absolute atomic E-state index is 0.241. The summed E-state index contributed by atoms with van der Waals surface area (Å²) in [7, 11) is -3.49. The van der Waals surface area contributed by atoms with Gasteiger partial charge in [0.2, 0.25) is 10.0 Å². The van der Waals surface area contributed by atoms with E-state index in [1.807, 2.05) is 24.3 Å². The number of benzene rings is 2. The fourth-order valence-electron chi connectivity index (χ4n) is 2.02. The number of amides is 1. The Balaban J connectivity index is 2.07. The molecule has 0 heterocycles. The zero-order chi connectivity index (χ0) is 18.7. The zero-order valence-electron chi connectivity index (χ0n) is 15.0. The Labute approximate surface area is 149 Å². The average molecular weight is 360 g/mol. The van der Waals surface area contributed by atoms with Gasteiger partial charge >= 0.3 is 0 Å². The molecular weight excluding hydrogens is 336 g/mol. The number of anilines is 2. The summed E-state index contributed by atoms with van der Waals surface area (Å²) in [5, 5.41) is 2.82. The first-order valence-corrected chi connectivity index (χ1v) is 9.63. The SMILES string of the molecule is CCc1ccc(NC(=O)c2ccc(NS(=O)(=O)C(C)(C)C)cc2)cc1. The van der Waals surface area contributed by atoms with E-state index in [2.05, 4.69) is 17.0 Å². The highest BCUT2D eigenvalue weighted by molar-refractivity contribution is 7.94. The van der Waals surface area contributed by atoms with Crippen LogP contribution < -0.4 is 10.0 Å². The second kappa shape index (κ2) is 7.27. The van der Waals surface area contributed by atoms with Crippen LogP contribution in [0.25, 0.3) is 0 Å². The van der Waals surface area contributed by atoms with E-state index < -0.39 is 14.8 Å². The van der Waals surface area contributed by atoms with Gasteiger partial charge in [-0.15, -0.1) is 0 Å². The molecule has 6 heteroatoms. The molecular formula is C19H24N2O3S. The fraction of sp³-hybridized carbons (Fsp3) is 0.316. The van der Waals surface area contributed by atoms with Crippen LogP contribution in [0.2, 0.25) is 0 Å². The van der Waals surface area contributed by atoms with E-state index >= 15 is 0 Å². The largest absolute Gasteiger partial charge is 0.322 e. The van der Waals surface area contributed by atoms with Crippen molar-refractivity contribution in [2.45, 2.75) is 38.9 Å². The van der Waals surface area contributed by atoms with Crippen LogP contribution in [0.3, 0.4) is 0 Å². The minimum Gasteiger partial charge on any atom is -0.322 e. The third-order valence-electron chi connectivity index (χ3n) is 3.83. The third kappa shape index (κ3) is 4.82. The molecule has 0 saturated carbocycles. The van der Waals surface area contributed by atoms with E-state index in [0.29, 0.717) is 11.3 Å². The van der Waals surface area contributed by atoms with Crippen LogP contribution in [0.15, 0.2) is 48.5 Å². The molecule has 0 bridgehead atoms. The molecule has 1 amide bonds. The molecule has 0 unspecified atom stereocenters. The molecule has 134 valence electrons. The highest BCUT2D eigenvalue weighted by atomic mass is 32.2. The van der Waals surface area contributed by atoms with Crippen LogP contribution in [0.1, 0.15) is 43.6 Å². The Morgan fingerprint density at radius 3 is 1.92 bits per heavy atom. The van der Waals surface area contributed by atoms with Crippen molar-refractivity contribution in [2.24, 2.45) is 0 Å². The van der Waals surface area contributed by atoms with Crippen molar-refractivity contribution in [1.82, 2.24) is 0 Å². The van der Waals surface area contributed by atoms with Gasteiger partial charge in [0, 0.05) is 16.9 Å². The van der Waals surface area contributed by atoms with Gasteiger partial charge < -0.3 is 5.32 Å². The highest BCUT2D eigenvalue weighted by Gasteiger charge is 2.28. The Kier molecular flexibility index (Phi) is 5.52. The van der Waals surface area contributed by atoms with Crippen molar-refractivity contribution >= 4 is 27.3 Å². The quantitative estimate of drug-likeness (QED) is 0.845. The first-order chi connectivity index (χ1) is 11.6. The van der Waals surface area contributed by atoms with Gasteiger partial charge in [-0.3, -0.25) is 9.52 Å². The lowest BCUT2D eigenvalue weighted by Crippen LogP contribution is -2.33. The van der Waals surface area contributed by atoms with Gasteiger partial charge in [0.25, 0.3) is 5.91 Å². The molecule has 0 aliphatic carbocycles. The van der Waals surface area contributed by atoms with E-state index in [1.54, 1.807) is 45.0 Å². The number of rotatable bonds is 5. The molecule has 0 atom stereocenters. The lowest BCUT2D eigenvalue weighted by atomic mass is 10.1. The van der Waals surface area contributed by atoms with Crippen LogP contribution >= 0.6 is 0 Å². The van der Waals surface area contributed by atoms with Crippen molar-refractivity contribution in [1.29, 1.82) is 0 Å². The number of sulfonamides is 1. The number of hydrogen-bond donors (Lipinski definition) is 2. The first kappa shape index (κ1) is 19.0.